The van der Waals surface area contributed by atoms with Crippen molar-refractivity contribution in [3.8, 4) is 11.8 Å². The molecular weight excluding hydrogens is 313 g/mol. The number of aromatic nitrogens is 4. The van der Waals surface area contributed by atoms with Gasteiger partial charge in [0.05, 0.1) is 6.33 Å². The van der Waals surface area contributed by atoms with Crippen molar-refractivity contribution in [2.75, 3.05) is 0 Å². The van der Waals surface area contributed by atoms with Crippen molar-refractivity contribution in [1.82, 2.24) is 19.9 Å². The standard InChI is InChI=1S/C14H13F3N4S/c1-13(2,3)6-4-5-9(14(15,16)17)22-12-10-11(19-7-18-10)20-8-21-12/h5,7-8H,1-3H3,(H,18,19,20,21)/b9-5+. The zero-order valence-corrected chi connectivity index (χ0v) is 12.9. The van der Waals surface area contributed by atoms with Gasteiger partial charge < -0.3 is 4.98 Å². The van der Waals surface area contributed by atoms with Crippen LogP contribution in [0.3, 0.4) is 0 Å². The first-order valence-corrected chi connectivity index (χ1v) is 7.10. The molecule has 2 heterocycles. The van der Waals surface area contributed by atoms with Crippen molar-refractivity contribution in [3.63, 3.8) is 0 Å². The van der Waals surface area contributed by atoms with Gasteiger partial charge in [-0.3, -0.25) is 0 Å². The second-order valence-corrected chi connectivity index (χ2v) is 6.44. The molecule has 0 spiro atoms. The summed E-state index contributed by atoms with van der Waals surface area (Å²) in [5, 5.41) is 0.156. The molecule has 0 bridgehead atoms. The third-order valence-corrected chi connectivity index (χ3v) is 3.40. The Morgan fingerprint density at radius 3 is 2.59 bits per heavy atom. The highest BCUT2D eigenvalue weighted by atomic mass is 32.2. The van der Waals surface area contributed by atoms with Crippen LogP contribution in [0.1, 0.15) is 20.8 Å². The number of allylic oxidation sites excluding steroid dienone is 2. The Morgan fingerprint density at radius 1 is 1.23 bits per heavy atom. The summed E-state index contributed by atoms with van der Waals surface area (Å²) in [4.78, 5) is 13.5. The summed E-state index contributed by atoms with van der Waals surface area (Å²) in [6, 6.07) is 0. The minimum absolute atomic E-state index is 0.156. The van der Waals surface area contributed by atoms with Crippen LogP contribution in [0.5, 0.6) is 0 Å². The van der Waals surface area contributed by atoms with Crippen LogP contribution in [0.25, 0.3) is 11.2 Å². The van der Waals surface area contributed by atoms with Crippen molar-refractivity contribution in [3.05, 3.63) is 23.6 Å². The lowest BCUT2D eigenvalue weighted by molar-refractivity contribution is -0.0835. The topological polar surface area (TPSA) is 54.5 Å². The molecule has 4 nitrogen and oxygen atoms in total. The number of rotatable bonds is 2. The number of aromatic amines is 1. The first kappa shape index (κ1) is 16.4. The van der Waals surface area contributed by atoms with E-state index in [1.807, 2.05) is 20.8 Å². The van der Waals surface area contributed by atoms with E-state index in [9.17, 15) is 13.2 Å². The predicted octanol–water partition coefficient (Wildman–Crippen LogP) is 3.94. The monoisotopic (exact) mass is 326 g/mol. The van der Waals surface area contributed by atoms with Crippen LogP contribution in [0.15, 0.2) is 28.7 Å². The second-order valence-electron chi connectivity index (χ2n) is 5.41. The lowest BCUT2D eigenvalue weighted by atomic mass is 9.98. The Morgan fingerprint density at radius 2 is 1.95 bits per heavy atom. The number of hydrogen-bond donors (Lipinski definition) is 1. The number of hydrogen-bond acceptors (Lipinski definition) is 4. The van der Waals surface area contributed by atoms with Crippen molar-refractivity contribution in [2.45, 2.75) is 32.0 Å². The van der Waals surface area contributed by atoms with Crippen LogP contribution < -0.4 is 0 Å². The largest absolute Gasteiger partial charge is 0.423 e. The summed E-state index contributed by atoms with van der Waals surface area (Å²) < 4.78 is 39.4. The van der Waals surface area contributed by atoms with Gasteiger partial charge in [-0.1, -0.05) is 23.6 Å². The maximum atomic E-state index is 13.1. The molecular formula is C14H13F3N4S. The summed E-state index contributed by atoms with van der Waals surface area (Å²) in [5.74, 6) is 5.22. The van der Waals surface area contributed by atoms with Gasteiger partial charge in [0.25, 0.3) is 0 Å². The first-order valence-electron chi connectivity index (χ1n) is 6.29. The van der Waals surface area contributed by atoms with Gasteiger partial charge in [-0.15, -0.1) is 0 Å². The van der Waals surface area contributed by atoms with Crippen LogP contribution in [-0.2, 0) is 0 Å². The Labute approximate surface area is 129 Å². The fourth-order valence-electron chi connectivity index (χ4n) is 1.41. The van der Waals surface area contributed by atoms with Crippen molar-refractivity contribution in [2.24, 2.45) is 5.41 Å². The number of fused-ring (bicyclic) bond motifs is 1. The fraction of sp³-hybridized carbons (Fsp3) is 0.357. The fourth-order valence-corrected chi connectivity index (χ4v) is 2.21. The average Bonchev–Trinajstić information content (AvgIpc) is 2.84. The second kappa shape index (κ2) is 6.01. The number of nitrogens with one attached hydrogen (secondary N) is 1. The smallest absolute Gasteiger partial charge is 0.341 e. The van der Waals surface area contributed by atoms with Crippen LogP contribution in [-0.4, -0.2) is 26.1 Å². The molecule has 2 aromatic heterocycles. The molecule has 116 valence electrons. The van der Waals surface area contributed by atoms with Gasteiger partial charge in [0, 0.05) is 11.5 Å². The van der Waals surface area contributed by atoms with E-state index >= 15 is 0 Å². The molecule has 0 unspecified atom stereocenters. The molecule has 0 saturated heterocycles. The van der Waals surface area contributed by atoms with Crippen molar-refractivity contribution >= 4 is 22.9 Å². The summed E-state index contributed by atoms with van der Waals surface area (Å²) in [6.45, 7) is 5.48. The van der Waals surface area contributed by atoms with Gasteiger partial charge in [0.1, 0.15) is 21.8 Å². The van der Waals surface area contributed by atoms with E-state index in [2.05, 4.69) is 31.8 Å². The van der Waals surface area contributed by atoms with E-state index in [-0.39, 0.29) is 10.4 Å². The molecule has 1 N–H and O–H groups in total. The van der Waals surface area contributed by atoms with Gasteiger partial charge in [0.15, 0.2) is 5.65 Å². The zero-order valence-electron chi connectivity index (χ0n) is 12.1. The molecule has 2 rings (SSSR count). The molecule has 0 aliphatic heterocycles. The third-order valence-electron chi connectivity index (χ3n) is 2.32. The molecule has 0 aromatic carbocycles. The number of halogens is 3. The maximum absolute atomic E-state index is 13.1. The number of nitrogens with zero attached hydrogens (tertiary/aromatic N) is 3. The lowest BCUT2D eigenvalue weighted by Crippen LogP contribution is -2.09. The van der Waals surface area contributed by atoms with Crippen LogP contribution in [0.2, 0.25) is 0 Å². The van der Waals surface area contributed by atoms with E-state index in [0.29, 0.717) is 22.9 Å². The lowest BCUT2D eigenvalue weighted by Gasteiger charge is -2.10. The highest BCUT2D eigenvalue weighted by molar-refractivity contribution is 8.03. The molecule has 0 aliphatic rings. The first-order chi connectivity index (χ1) is 10.2. The summed E-state index contributed by atoms with van der Waals surface area (Å²) in [6.07, 6.45) is -1.09. The minimum atomic E-state index is -4.51. The maximum Gasteiger partial charge on any atom is 0.423 e. The number of H-pyrrole nitrogens is 1. The van der Waals surface area contributed by atoms with Crippen LogP contribution >= 0.6 is 11.8 Å². The van der Waals surface area contributed by atoms with E-state index in [4.69, 9.17) is 0 Å². The molecule has 0 atom stereocenters. The zero-order chi connectivity index (χ0) is 16.4. The van der Waals surface area contributed by atoms with Gasteiger partial charge >= 0.3 is 6.18 Å². The van der Waals surface area contributed by atoms with Crippen LogP contribution in [0, 0.1) is 17.3 Å². The van der Waals surface area contributed by atoms with Crippen molar-refractivity contribution < 1.29 is 13.2 Å². The molecule has 0 amide bonds. The highest BCUT2D eigenvalue weighted by Gasteiger charge is 2.35. The van der Waals surface area contributed by atoms with Gasteiger partial charge in [-0.2, -0.15) is 13.2 Å². The van der Waals surface area contributed by atoms with E-state index in [0.717, 1.165) is 6.08 Å². The number of imidazole rings is 1. The van der Waals surface area contributed by atoms with E-state index < -0.39 is 11.1 Å². The van der Waals surface area contributed by atoms with Gasteiger partial charge in [-0.25, -0.2) is 15.0 Å². The van der Waals surface area contributed by atoms with Gasteiger partial charge in [-0.05, 0) is 20.8 Å². The highest BCUT2D eigenvalue weighted by Crippen LogP contribution is 2.39. The quantitative estimate of drug-likeness (QED) is 0.516. The normalized spacial score (nSPS) is 13.1. The Kier molecular flexibility index (Phi) is 4.47. The molecule has 0 radical (unpaired) electrons. The summed E-state index contributed by atoms with van der Waals surface area (Å²) in [7, 11) is 0. The SMILES string of the molecule is CC(C)(C)C#C/C=C(/Sc1ncnc2nc[nH]c12)C(F)(F)F. The minimum Gasteiger partial charge on any atom is -0.341 e. The molecule has 0 aliphatic carbocycles. The van der Waals surface area contributed by atoms with Gasteiger partial charge in [0.2, 0.25) is 0 Å². The third kappa shape index (κ3) is 4.24. The Bertz CT molecular complexity index is 760. The summed E-state index contributed by atoms with van der Waals surface area (Å²) >= 11 is 0.492. The van der Waals surface area contributed by atoms with Crippen LogP contribution in [0.4, 0.5) is 13.2 Å². The van der Waals surface area contributed by atoms with E-state index in [1.54, 1.807) is 0 Å². The molecule has 0 saturated carbocycles. The number of alkyl halides is 3. The molecule has 8 heteroatoms. The number of thioether (sulfide) groups is 1. The molecule has 22 heavy (non-hydrogen) atoms. The van der Waals surface area contributed by atoms with E-state index in [1.165, 1.54) is 12.7 Å². The predicted molar refractivity (Wildman–Crippen MR) is 78.9 cm³/mol. The average molecular weight is 326 g/mol. The summed E-state index contributed by atoms with van der Waals surface area (Å²) in [5.41, 5.74) is 0.315. The Balaban J connectivity index is 2.37. The Hall–Kier alpha value is -2.01. The van der Waals surface area contributed by atoms with Crippen molar-refractivity contribution in [1.29, 1.82) is 0 Å². The molecule has 0 fully saturated rings. The molecule has 2 aromatic rings.